The van der Waals surface area contributed by atoms with Gasteiger partial charge in [0.05, 0.1) is 0 Å². The van der Waals surface area contributed by atoms with Crippen molar-refractivity contribution in [1.82, 2.24) is 0 Å². The summed E-state index contributed by atoms with van der Waals surface area (Å²) >= 11 is 9.99. The molecule has 0 bridgehead atoms. The Morgan fingerprint density at radius 2 is 1.35 bits per heavy atom. The lowest BCUT2D eigenvalue weighted by Crippen LogP contribution is -2.10. The van der Waals surface area contributed by atoms with E-state index in [1.54, 1.807) is 0 Å². The molecule has 26 heavy (non-hydrogen) atoms. The smallest absolute Gasteiger partial charge is 0.0406 e. The highest BCUT2D eigenvalue weighted by molar-refractivity contribution is 9.10. The van der Waals surface area contributed by atoms with E-state index in [1.165, 1.54) is 38.2 Å². The third kappa shape index (κ3) is 2.94. The van der Waals surface area contributed by atoms with Crippen LogP contribution in [0.3, 0.4) is 0 Å². The minimum Gasteiger partial charge on any atom is -0.0843 e. The van der Waals surface area contributed by atoms with Crippen molar-refractivity contribution in [3.63, 3.8) is 0 Å². The van der Waals surface area contributed by atoms with Gasteiger partial charge in [0.25, 0.3) is 0 Å². The summed E-state index contributed by atoms with van der Waals surface area (Å²) in [6, 6.07) is 23.6. The molecule has 0 aliphatic rings. The molecule has 4 rings (SSSR count). The monoisotopic (exact) mass is 422 g/mol. The molecule has 130 valence electrons. The summed E-state index contributed by atoms with van der Waals surface area (Å²) in [5, 5.41) is 5.75. The van der Waals surface area contributed by atoms with Gasteiger partial charge in [-0.2, -0.15) is 0 Å². The Morgan fingerprint density at radius 1 is 0.731 bits per heavy atom. The van der Waals surface area contributed by atoms with Gasteiger partial charge < -0.3 is 0 Å². The quantitative estimate of drug-likeness (QED) is 0.270. The van der Waals surface area contributed by atoms with Crippen LogP contribution in [-0.2, 0) is 5.41 Å². The van der Waals surface area contributed by atoms with Crippen LogP contribution in [0.15, 0.2) is 71.2 Å². The molecule has 0 aromatic heterocycles. The molecule has 0 atom stereocenters. The summed E-state index contributed by atoms with van der Waals surface area (Å²) in [7, 11) is 0. The molecule has 4 aromatic rings. The molecular weight excluding hydrogens is 404 g/mol. The zero-order valence-electron chi connectivity index (χ0n) is 15.1. The van der Waals surface area contributed by atoms with Crippen LogP contribution in [-0.4, -0.2) is 0 Å². The highest BCUT2D eigenvalue weighted by Crippen LogP contribution is 2.43. The Bertz CT molecular complexity index is 1120. The molecule has 0 aliphatic heterocycles. The highest BCUT2D eigenvalue weighted by Gasteiger charge is 2.18. The Hall–Kier alpha value is -1.83. The molecule has 0 radical (unpaired) electrons. The normalized spacial score (nSPS) is 12.0. The van der Waals surface area contributed by atoms with Crippen molar-refractivity contribution < 1.29 is 0 Å². The third-order valence-corrected chi connectivity index (χ3v) is 6.06. The SMILES string of the molecule is CC(C)(C)c1ccc2c(Br)c3ccccc3c(-c3ccc(Cl)cc3)c2c1. The van der Waals surface area contributed by atoms with Gasteiger partial charge >= 0.3 is 0 Å². The first-order valence-corrected chi connectivity index (χ1v) is 9.94. The minimum atomic E-state index is 0.101. The predicted molar refractivity (Wildman–Crippen MR) is 118 cm³/mol. The van der Waals surface area contributed by atoms with Crippen molar-refractivity contribution >= 4 is 49.1 Å². The van der Waals surface area contributed by atoms with Crippen LogP contribution >= 0.6 is 27.5 Å². The largest absolute Gasteiger partial charge is 0.0843 e. The number of fused-ring (bicyclic) bond motifs is 2. The second kappa shape index (κ2) is 6.40. The first-order valence-electron chi connectivity index (χ1n) is 8.76. The average Bonchev–Trinajstić information content (AvgIpc) is 2.62. The van der Waals surface area contributed by atoms with Gasteiger partial charge in [0.1, 0.15) is 0 Å². The van der Waals surface area contributed by atoms with Crippen LogP contribution in [0, 0.1) is 0 Å². The van der Waals surface area contributed by atoms with E-state index in [2.05, 4.69) is 91.3 Å². The Balaban J connectivity index is 2.19. The van der Waals surface area contributed by atoms with Gasteiger partial charge in [-0.05, 0) is 77.8 Å². The number of rotatable bonds is 1. The summed E-state index contributed by atoms with van der Waals surface area (Å²) in [6.07, 6.45) is 0. The van der Waals surface area contributed by atoms with Gasteiger partial charge in [0.15, 0.2) is 0 Å². The van der Waals surface area contributed by atoms with E-state index in [1.807, 2.05) is 12.1 Å². The van der Waals surface area contributed by atoms with E-state index in [0.29, 0.717) is 0 Å². The summed E-state index contributed by atoms with van der Waals surface area (Å²) in [6.45, 7) is 6.77. The van der Waals surface area contributed by atoms with Crippen LogP contribution < -0.4 is 0 Å². The number of benzene rings is 4. The second-order valence-electron chi connectivity index (χ2n) is 7.75. The maximum Gasteiger partial charge on any atom is 0.0406 e. The van der Waals surface area contributed by atoms with Crippen LogP contribution in [0.2, 0.25) is 5.02 Å². The fraction of sp³-hybridized carbons (Fsp3) is 0.167. The molecule has 0 aliphatic carbocycles. The van der Waals surface area contributed by atoms with E-state index < -0.39 is 0 Å². The van der Waals surface area contributed by atoms with Crippen molar-refractivity contribution in [3.05, 3.63) is 81.8 Å². The van der Waals surface area contributed by atoms with E-state index >= 15 is 0 Å². The second-order valence-corrected chi connectivity index (χ2v) is 8.98. The Kier molecular flexibility index (Phi) is 4.33. The fourth-order valence-electron chi connectivity index (χ4n) is 3.52. The minimum absolute atomic E-state index is 0.101. The van der Waals surface area contributed by atoms with E-state index in [4.69, 9.17) is 11.6 Å². The molecule has 4 aromatic carbocycles. The first kappa shape index (κ1) is 17.6. The van der Waals surface area contributed by atoms with Gasteiger partial charge in [0.2, 0.25) is 0 Å². The molecule has 0 nitrogen and oxygen atoms in total. The van der Waals surface area contributed by atoms with Gasteiger partial charge in [-0.3, -0.25) is 0 Å². The van der Waals surface area contributed by atoms with E-state index in [-0.39, 0.29) is 5.41 Å². The van der Waals surface area contributed by atoms with Gasteiger partial charge in [-0.1, -0.05) is 80.9 Å². The molecule has 0 unspecified atom stereocenters. The average molecular weight is 424 g/mol. The fourth-order valence-corrected chi connectivity index (χ4v) is 4.34. The summed E-state index contributed by atoms with van der Waals surface area (Å²) in [4.78, 5) is 0. The van der Waals surface area contributed by atoms with E-state index in [0.717, 1.165) is 9.50 Å². The van der Waals surface area contributed by atoms with Gasteiger partial charge in [-0.15, -0.1) is 0 Å². The lowest BCUT2D eigenvalue weighted by Gasteiger charge is -2.22. The Labute approximate surface area is 167 Å². The summed E-state index contributed by atoms with van der Waals surface area (Å²) in [5.41, 5.74) is 3.89. The molecule has 0 fully saturated rings. The molecule has 0 saturated heterocycles. The molecular formula is C24H20BrCl. The van der Waals surface area contributed by atoms with Crippen molar-refractivity contribution in [2.24, 2.45) is 0 Å². The number of halogens is 2. The van der Waals surface area contributed by atoms with Crippen molar-refractivity contribution in [2.75, 3.05) is 0 Å². The number of hydrogen-bond acceptors (Lipinski definition) is 0. The van der Waals surface area contributed by atoms with Crippen molar-refractivity contribution in [1.29, 1.82) is 0 Å². The molecule has 0 heterocycles. The topological polar surface area (TPSA) is 0 Å². The van der Waals surface area contributed by atoms with Gasteiger partial charge in [-0.25, -0.2) is 0 Å². The standard InChI is InChI=1S/C24H20BrCl/c1-24(2,3)16-10-13-20-21(14-16)22(15-8-11-17(26)12-9-15)18-6-4-5-7-19(18)23(20)25/h4-14H,1-3H3. The zero-order chi connectivity index (χ0) is 18.5. The van der Waals surface area contributed by atoms with Crippen LogP contribution in [0.25, 0.3) is 32.7 Å². The van der Waals surface area contributed by atoms with Crippen molar-refractivity contribution in [3.8, 4) is 11.1 Å². The van der Waals surface area contributed by atoms with E-state index in [9.17, 15) is 0 Å². The maximum absolute atomic E-state index is 6.14. The lowest BCUT2D eigenvalue weighted by atomic mass is 9.83. The molecule has 0 spiro atoms. The first-order chi connectivity index (χ1) is 12.4. The summed E-state index contributed by atoms with van der Waals surface area (Å²) in [5.74, 6) is 0. The molecule has 0 N–H and O–H groups in total. The molecule has 0 saturated carbocycles. The van der Waals surface area contributed by atoms with Crippen LogP contribution in [0.1, 0.15) is 26.3 Å². The predicted octanol–water partition coefficient (Wildman–Crippen LogP) is 8.37. The summed E-state index contributed by atoms with van der Waals surface area (Å²) < 4.78 is 1.15. The maximum atomic E-state index is 6.14. The molecule has 0 amide bonds. The lowest BCUT2D eigenvalue weighted by molar-refractivity contribution is 0.591. The highest BCUT2D eigenvalue weighted by atomic mass is 79.9. The third-order valence-electron chi connectivity index (χ3n) is 4.96. The van der Waals surface area contributed by atoms with Crippen molar-refractivity contribution in [2.45, 2.75) is 26.2 Å². The number of hydrogen-bond donors (Lipinski definition) is 0. The zero-order valence-corrected chi connectivity index (χ0v) is 17.4. The van der Waals surface area contributed by atoms with Crippen LogP contribution in [0.5, 0.6) is 0 Å². The Morgan fingerprint density at radius 3 is 2.00 bits per heavy atom. The molecule has 2 heteroatoms. The van der Waals surface area contributed by atoms with Gasteiger partial charge in [0, 0.05) is 9.50 Å². The van der Waals surface area contributed by atoms with Crippen LogP contribution in [0.4, 0.5) is 0 Å².